The molecule has 0 aliphatic rings. The molecule has 0 aliphatic carbocycles. The van der Waals surface area contributed by atoms with Crippen molar-refractivity contribution in [3.63, 3.8) is 0 Å². The summed E-state index contributed by atoms with van der Waals surface area (Å²) in [5, 5.41) is 4.88. The van der Waals surface area contributed by atoms with Gasteiger partial charge in [0.15, 0.2) is 0 Å². The van der Waals surface area contributed by atoms with E-state index in [1.54, 1.807) is 24.3 Å². The van der Waals surface area contributed by atoms with E-state index in [0.717, 1.165) is 16.3 Å². The summed E-state index contributed by atoms with van der Waals surface area (Å²) in [6, 6.07) is 20.8. The second-order valence-corrected chi connectivity index (χ2v) is 5.48. The fourth-order valence-electron chi connectivity index (χ4n) is 2.51. The zero-order valence-corrected chi connectivity index (χ0v) is 13.3. The van der Waals surface area contributed by atoms with Crippen LogP contribution in [0, 0.1) is 0 Å². The molecule has 0 heterocycles. The second-order valence-electron chi connectivity index (χ2n) is 5.48. The minimum Gasteiger partial charge on any atom is -0.457 e. The van der Waals surface area contributed by atoms with Crippen LogP contribution < -0.4 is 5.32 Å². The lowest BCUT2D eigenvalue weighted by molar-refractivity contribution is -0.114. The molecule has 4 heteroatoms. The van der Waals surface area contributed by atoms with Crippen molar-refractivity contribution in [3.8, 4) is 0 Å². The van der Waals surface area contributed by atoms with E-state index in [0.29, 0.717) is 11.3 Å². The van der Waals surface area contributed by atoms with Crippen molar-refractivity contribution >= 4 is 28.3 Å². The van der Waals surface area contributed by atoms with Crippen LogP contribution in [0.2, 0.25) is 0 Å². The Hall–Kier alpha value is -3.14. The summed E-state index contributed by atoms with van der Waals surface area (Å²) in [5.41, 5.74) is 1.71. The van der Waals surface area contributed by atoms with Gasteiger partial charge in [-0.3, -0.25) is 4.79 Å². The van der Waals surface area contributed by atoms with Crippen molar-refractivity contribution in [2.45, 2.75) is 13.5 Å². The Bertz CT molecular complexity index is 902. The summed E-state index contributed by atoms with van der Waals surface area (Å²) in [6.07, 6.45) is 0. The zero-order chi connectivity index (χ0) is 16.9. The molecular formula is C20H17NO3. The van der Waals surface area contributed by atoms with Crippen LogP contribution in [0.4, 0.5) is 5.69 Å². The molecule has 0 aliphatic heterocycles. The van der Waals surface area contributed by atoms with E-state index in [9.17, 15) is 9.59 Å². The lowest BCUT2D eigenvalue weighted by Gasteiger charge is -2.10. The molecule has 3 aromatic rings. The normalized spacial score (nSPS) is 10.4. The molecule has 1 amide bonds. The average molecular weight is 319 g/mol. The van der Waals surface area contributed by atoms with Crippen LogP contribution in [-0.2, 0) is 16.1 Å². The quantitative estimate of drug-likeness (QED) is 0.735. The maximum Gasteiger partial charge on any atom is 0.340 e. The highest BCUT2D eigenvalue weighted by Gasteiger charge is 2.13. The summed E-state index contributed by atoms with van der Waals surface area (Å²) in [4.78, 5) is 23.5. The fourth-order valence-corrected chi connectivity index (χ4v) is 2.51. The number of carbonyl (C=O) groups is 2. The molecule has 0 unspecified atom stereocenters. The first-order valence-corrected chi connectivity index (χ1v) is 7.65. The monoisotopic (exact) mass is 319 g/mol. The third-order valence-electron chi connectivity index (χ3n) is 3.64. The first-order chi connectivity index (χ1) is 11.6. The first kappa shape index (κ1) is 15.7. The molecule has 0 radical (unpaired) electrons. The van der Waals surface area contributed by atoms with Crippen LogP contribution in [0.25, 0.3) is 10.8 Å². The van der Waals surface area contributed by atoms with Gasteiger partial charge < -0.3 is 10.1 Å². The molecule has 4 nitrogen and oxygen atoms in total. The van der Waals surface area contributed by atoms with Crippen molar-refractivity contribution in [3.05, 3.63) is 77.9 Å². The number of para-hydroxylation sites is 1. The number of ether oxygens (including phenoxy) is 1. The van der Waals surface area contributed by atoms with E-state index in [1.807, 2.05) is 42.5 Å². The average Bonchev–Trinajstić information content (AvgIpc) is 2.59. The number of fused-ring (bicyclic) bond motifs is 1. The maximum absolute atomic E-state index is 12.3. The Kier molecular flexibility index (Phi) is 4.57. The predicted octanol–water partition coefficient (Wildman–Crippen LogP) is 4.16. The molecule has 0 bridgehead atoms. The van der Waals surface area contributed by atoms with Crippen LogP contribution >= 0.6 is 0 Å². The van der Waals surface area contributed by atoms with Gasteiger partial charge in [-0.15, -0.1) is 0 Å². The highest BCUT2D eigenvalue weighted by Crippen LogP contribution is 2.19. The van der Waals surface area contributed by atoms with Gasteiger partial charge in [-0.2, -0.15) is 0 Å². The van der Waals surface area contributed by atoms with E-state index in [-0.39, 0.29) is 12.5 Å². The molecule has 3 rings (SSSR count). The van der Waals surface area contributed by atoms with Gasteiger partial charge in [0.1, 0.15) is 6.61 Å². The Morgan fingerprint density at radius 3 is 2.42 bits per heavy atom. The van der Waals surface area contributed by atoms with Crippen molar-refractivity contribution in [1.82, 2.24) is 0 Å². The Labute approximate surface area is 140 Å². The number of hydrogen-bond acceptors (Lipinski definition) is 3. The highest BCUT2D eigenvalue weighted by atomic mass is 16.5. The highest BCUT2D eigenvalue weighted by molar-refractivity contribution is 6.00. The molecule has 0 saturated carbocycles. The fraction of sp³-hybridized carbons (Fsp3) is 0.100. The van der Waals surface area contributed by atoms with E-state index >= 15 is 0 Å². The Morgan fingerprint density at radius 1 is 0.917 bits per heavy atom. The number of rotatable bonds is 4. The summed E-state index contributed by atoms with van der Waals surface area (Å²) >= 11 is 0. The predicted molar refractivity (Wildman–Crippen MR) is 93.8 cm³/mol. The van der Waals surface area contributed by atoms with Crippen molar-refractivity contribution < 1.29 is 14.3 Å². The molecule has 0 fully saturated rings. The van der Waals surface area contributed by atoms with Crippen LogP contribution in [-0.4, -0.2) is 11.9 Å². The third kappa shape index (κ3) is 3.60. The molecule has 120 valence electrons. The SMILES string of the molecule is CC(=O)Nc1ccccc1C(=O)OCc1ccc2ccccc2c1. The van der Waals surface area contributed by atoms with E-state index in [1.165, 1.54) is 6.92 Å². The lowest BCUT2D eigenvalue weighted by Crippen LogP contribution is -2.12. The minimum atomic E-state index is -0.465. The smallest absolute Gasteiger partial charge is 0.340 e. The van der Waals surface area contributed by atoms with Crippen LogP contribution in [0.3, 0.4) is 0 Å². The molecule has 0 atom stereocenters. The van der Waals surface area contributed by atoms with Crippen molar-refractivity contribution in [2.24, 2.45) is 0 Å². The maximum atomic E-state index is 12.3. The molecular weight excluding hydrogens is 302 g/mol. The summed E-state index contributed by atoms with van der Waals surface area (Å²) in [6.45, 7) is 1.58. The van der Waals surface area contributed by atoms with Crippen molar-refractivity contribution in [2.75, 3.05) is 5.32 Å². The van der Waals surface area contributed by atoms with Gasteiger partial charge in [0, 0.05) is 6.92 Å². The second kappa shape index (κ2) is 6.96. The molecule has 1 N–H and O–H groups in total. The molecule has 3 aromatic carbocycles. The topological polar surface area (TPSA) is 55.4 Å². The molecule has 24 heavy (non-hydrogen) atoms. The van der Waals surface area contributed by atoms with Gasteiger partial charge in [0.2, 0.25) is 5.91 Å². The van der Waals surface area contributed by atoms with E-state index in [4.69, 9.17) is 4.74 Å². The van der Waals surface area contributed by atoms with E-state index in [2.05, 4.69) is 5.32 Å². The van der Waals surface area contributed by atoms with Crippen LogP contribution in [0.15, 0.2) is 66.7 Å². The number of hydrogen-bond donors (Lipinski definition) is 1. The Balaban J connectivity index is 1.74. The summed E-state index contributed by atoms with van der Waals surface area (Å²) in [7, 11) is 0. The Morgan fingerprint density at radius 2 is 1.62 bits per heavy atom. The number of anilines is 1. The number of nitrogens with one attached hydrogen (secondary N) is 1. The van der Waals surface area contributed by atoms with Crippen LogP contribution in [0.5, 0.6) is 0 Å². The third-order valence-corrected chi connectivity index (χ3v) is 3.64. The van der Waals surface area contributed by atoms with Crippen molar-refractivity contribution in [1.29, 1.82) is 0 Å². The molecule has 0 aromatic heterocycles. The summed E-state index contributed by atoms with van der Waals surface area (Å²) in [5.74, 6) is -0.697. The van der Waals surface area contributed by atoms with Gasteiger partial charge >= 0.3 is 5.97 Å². The molecule has 0 saturated heterocycles. The van der Waals surface area contributed by atoms with Gasteiger partial charge in [-0.05, 0) is 34.5 Å². The number of benzene rings is 3. The lowest BCUT2D eigenvalue weighted by atomic mass is 10.1. The largest absolute Gasteiger partial charge is 0.457 e. The minimum absolute atomic E-state index is 0.179. The standard InChI is InChI=1S/C20H17NO3/c1-14(22)21-19-9-5-4-8-18(19)20(23)24-13-15-10-11-16-6-2-3-7-17(16)12-15/h2-12H,13H2,1H3,(H,21,22). The number of esters is 1. The number of carbonyl (C=O) groups excluding carboxylic acids is 2. The van der Waals surface area contributed by atoms with E-state index < -0.39 is 5.97 Å². The van der Waals surface area contributed by atoms with Gasteiger partial charge in [-0.25, -0.2) is 4.79 Å². The van der Waals surface area contributed by atoms with Gasteiger partial charge in [-0.1, -0.05) is 48.5 Å². The van der Waals surface area contributed by atoms with Crippen LogP contribution in [0.1, 0.15) is 22.8 Å². The number of amides is 1. The molecule has 0 spiro atoms. The first-order valence-electron chi connectivity index (χ1n) is 7.65. The zero-order valence-electron chi connectivity index (χ0n) is 13.3. The summed E-state index contributed by atoms with van der Waals surface area (Å²) < 4.78 is 5.40. The van der Waals surface area contributed by atoms with Gasteiger partial charge in [0.25, 0.3) is 0 Å². The van der Waals surface area contributed by atoms with Gasteiger partial charge in [0.05, 0.1) is 11.3 Å².